The number of rotatable bonds is 5. The van der Waals surface area contributed by atoms with Crippen LogP contribution in [0.2, 0.25) is 0 Å². The van der Waals surface area contributed by atoms with Crippen molar-refractivity contribution in [3.63, 3.8) is 0 Å². The van der Waals surface area contributed by atoms with Crippen molar-refractivity contribution in [2.45, 2.75) is 70.5 Å². The van der Waals surface area contributed by atoms with Crippen LogP contribution in [-0.4, -0.2) is 23.4 Å². The number of amides is 1. The molecule has 2 aliphatic carbocycles. The highest BCUT2D eigenvalue weighted by atomic mass is 16.2. The molecule has 2 aromatic carbocycles. The molecular formula is C26H32N2O. The fourth-order valence-electron chi connectivity index (χ4n) is 4.99. The third-order valence-corrected chi connectivity index (χ3v) is 7.48. The van der Waals surface area contributed by atoms with Crippen molar-refractivity contribution in [3.8, 4) is 0 Å². The first-order valence-corrected chi connectivity index (χ1v) is 11.2. The predicted molar refractivity (Wildman–Crippen MR) is 117 cm³/mol. The molecule has 0 unspecified atom stereocenters. The van der Waals surface area contributed by atoms with Crippen molar-refractivity contribution < 1.29 is 4.79 Å². The first-order chi connectivity index (χ1) is 14.0. The highest BCUT2D eigenvalue weighted by Gasteiger charge is 2.52. The molecule has 29 heavy (non-hydrogen) atoms. The summed E-state index contributed by atoms with van der Waals surface area (Å²) in [6, 6.07) is 17.5. The Bertz CT molecular complexity index is 891. The van der Waals surface area contributed by atoms with Crippen LogP contribution >= 0.6 is 0 Å². The van der Waals surface area contributed by atoms with Crippen LogP contribution in [0.15, 0.2) is 48.5 Å². The summed E-state index contributed by atoms with van der Waals surface area (Å²) in [5.41, 5.74) is 5.44. The lowest BCUT2D eigenvalue weighted by Gasteiger charge is -2.39. The Morgan fingerprint density at radius 3 is 2.14 bits per heavy atom. The molecule has 1 atom stereocenters. The maximum absolute atomic E-state index is 13.5. The second-order valence-electron chi connectivity index (χ2n) is 9.86. The van der Waals surface area contributed by atoms with Crippen LogP contribution in [-0.2, 0) is 16.9 Å². The van der Waals surface area contributed by atoms with Gasteiger partial charge in [-0.1, -0.05) is 59.7 Å². The maximum Gasteiger partial charge on any atom is 0.238 e. The zero-order valence-corrected chi connectivity index (χ0v) is 17.7. The zero-order chi connectivity index (χ0) is 20.1. The van der Waals surface area contributed by atoms with Gasteiger partial charge >= 0.3 is 0 Å². The fourth-order valence-corrected chi connectivity index (χ4v) is 4.99. The van der Waals surface area contributed by atoms with Crippen molar-refractivity contribution in [1.82, 2.24) is 10.2 Å². The molecule has 5 rings (SSSR count). The van der Waals surface area contributed by atoms with Crippen molar-refractivity contribution >= 4 is 5.91 Å². The van der Waals surface area contributed by atoms with E-state index in [4.69, 9.17) is 0 Å². The minimum absolute atomic E-state index is 0.00419. The molecule has 3 nitrogen and oxygen atoms in total. The highest BCUT2D eigenvalue weighted by Crippen LogP contribution is 2.55. The Balaban J connectivity index is 1.33. The van der Waals surface area contributed by atoms with Gasteiger partial charge < -0.3 is 5.32 Å². The fraction of sp³-hybridized carbons (Fsp3) is 0.500. The number of hydrogen-bond donors (Lipinski definition) is 1. The Morgan fingerprint density at radius 1 is 0.931 bits per heavy atom. The third kappa shape index (κ3) is 3.85. The molecule has 0 bridgehead atoms. The molecule has 3 fully saturated rings. The molecule has 1 heterocycles. The van der Waals surface area contributed by atoms with E-state index in [9.17, 15) is 4.79 Å². The molecule has 1 amide bonds. The van der Waals surface area contributed by atoms with E-state index in [1.807, 2.05) is 0 Å². The van der Waals surface area contributed by atoms with Crippen LogP contribution in [0.5, 0.6) is 0 Å². The summed E-state index contributed by atoms with van der Waals surface area (Å²) < 4.78 is 0. The van der Waals surface area contributed by atoms with Gasteiger partial charge in [0.25, 0.3) is 0 Å². The van der Waals surface area contributed by atoms with E-state index >= 15 is 0 Å². The summed E-state index contributed by atoms with van der Waals surface area (Å²) in [5.74, 6) is 0.237. The van der Waals surface area contributed by atoms with Gasteiger partial charge in [-0.2, -0.15) is 0 Å². The van der Waals surface area contributed by atoms with Crippen LogP contribution < -0.4 is 5.32 Å². The smallest absolute Gasteiger partial charge is 0.238 e. The van der Waals surface area contributed by atoms with E-state index in [2.05, 4.69) is 72.6 Å². The summed E-state index contributed by atoms with van der Waals surface area (Å²) >= 11 is 0. The highest BCUT2D eigenvalue weighted by molar-refractivity contribution is 5.83. The van der Waals surface area contributed by atoms with Crippen molar-refractivity contribution in [1.29, 1.82) is 0 Å². The first-order valence-electron chi connectivity index (χ1n) is 11.2. The van der Waals surface area contributed by atoms with E-state index < -0.39 is 0 Å². The summed E-state index contributed by atoms with van der Waals surface area (Å²) in [6.45, 7) is 6.13. The zero-order valence-electron chi connectivity index (χ0n) is 17.7. The van der Waals surface area contributed by atoms with Crippen molar-refractivity contribution in [3.05, 3.63) is 70.8 Å². The minimum atomic E-state index is -0.130. The van der Waals surface area contributed by atoms with Gasteiger partial charge in [-0.15, -0.1) is 0 Å². The molecule has 1 spiro atoms. The van der Waals surface area contributed by atoms with E-state index in [0.717, 1.165) is 32.4 Å². The lowest BCUT2D eigenvalue weighted by molar-refractivity contribution is -0.130. The second-order valence-corrected chi connectivity index (χ2v) is 9.86. The van der Waals surface area contributed by atoms with E-state index in [0.29, 0.717) is 5.41 Å². The average Bonchev–Trinajstić information content (AvgIpc) is 3.64. The van der Waals surface area contributed by atoms with E-state index in [-0.39, 0.29) is 17.5 Å². The normalized spacial score (nSPS) is 24.3. The number of piperidine rings is 1. The van der Waals surface area contributed by atoms with Gasteiger partial charge in [0.15, 0.2) is 0 Å². The molecule has 1 aliphatic heterocycles. The van der Waals surface area contributed by atoms with Crippen LogP contribution in [0, 0.1) is 19.3 Å². The lowest BCUT2D eigenvalue weighted by Crippen LogP contribution is -2.53. The maximum atomic E-state index is 13.5. The molecule has 3 heteroatoms. The second kappa shape index (κ2) is 6.98. The molecule has 0 aromatic heterocycles. The first kappa shape index (κ1) is 18.9. The van der Waals surface area contributed by atoms with Gasteiger partial charge in [0.1, 0.15) is 0 Å². The molecule has 3 aliphatic rings. The Hall–Kier alpha value is -2.13. The van der Waals surface area contributed by atoms with Gasteiger partial charge in [0.2, 0.25) is 5.91 Å². The minimum Gasteiger partial charge on any atom is -0.345 e. The Labute approximate surface area is 174 Å². The number of likely N-dealkylation sites (tertiary alicyclic amines) is 1. The number of aryl methyl sites for hydroxylation is 2. The van der Waals surface area contributed by atoms with Gasteiger partial charge in [0, 0.05) is 6.54 Å². The van der Waals surface area contributed by atoms with Gasteiger partial charge in [-0.25, -0.2) is 0 Å². The number of nitrogens with one attached hydrogen (secondary N) is 1. The summed E-state index contributed by atoms with van der Waals surface area (Å²) in [6.07, 6.45) is 6.98. The van der Waals surface area contributed by atoms with Crippen LogP contribution in [0.25, 0.3) is 0 Å². The van der Waals surface area contributed by atoms with Gasteiger partial charge in [-0.05, 0) is 75.5 Å². The average molecular weight is 389 g/mol. The van der Waals surface area contributed by atoms with Crippen LogP contribution in [0.4, 0.5) is 0 Å². The standard InChI is InChI=1S/C26H32N2O/c1-19-3-7-21(8-4-19)18-28-16-15-25(11-12-25)17-23(28)24(29)27-26(13-14-26)22-9-5-20(2)6-10-22/h3-10,23H,11-18H2,1-2H3,(H,27,29)/t23-/m1/s1. The topological polar surface area (TPSA) is 32.3 Å². The Morgan fingerprint density at radius 2 is 1.55 bits per heavy atom. The molecular weight excluding hydrogens is 356 g/mol. The van der Waals surface area contributed by atoms with E-state index in [1.165, 1.54) is 41.5 Å². The van der Waals surface area contributed by atoms with E-state index in [1.54, 1.807) is 0 Å². The molecule has 152 valence electrons. The van der Waals surface area contributed by atoms with Gasteiger partial charge in [-0.3, -0.25) is 9.69 Å². The number of carbonyl (C=O) groups excluding carboxylic acids is 1. The quantitative estimate of drug-likeness (QED) is 0.794. The summed E-state index contributed by atoms with van der Waals surface area (Å²) in [7, 11) is 0. The van der Waals surface area contributed by atoms with Crippen molar-refractivity contribution in [2.75, 3.05) is 6.54 Å². The number of carbonyl (C=O) groups is 1. The van der Waals surface area contributed by atoms with Crippen LogP contribution in [0.1, 0.15) is 60.8 Å². The number of benzene rings is 2. The van der Waals surface area contributed by atoms with Gasteiger partial charge in [0.05, 0.1) is 11.6 Å². The lowest BCUT2D eigenvalue weighted by atomic mass is 9.86. The Kier molecular flexibility index (Phi) is 4.54. The largest absolute Gasteiger partial charge is 0.345 e. The molecule has 2 aromatic rings. The third-order valence-electron chi connectivity index (χ3n) is 7.48. The molecule has 1 saturated heterocycles. The summed E-state index contributed by atoms with van der Waals surface area (Å²) in [4.78, 5) is 15.9. The van der Waals surface area contributed by atoms with Crippen molar-refractivity contribution in [2.24, 2.45) is 5.41 Å². The summed E-state index contributed by atoms with van der Waals surface area (Å²) in [5, 5.41) is 3.48. The predicted octanol–water partition coefficient (Wildman–Crippen LogP) is 4.85. The molecule has 2 saturated carbocycles. The SMILES string of the molecule is Cc1ccc(CN2CCC3(CC3)C[C@@H]2C(=O)NC2(c3ccc(C)cc3)CC2)cc1. The number of nitrogens with zero attached hydrogens (tertiary/aromatic N) is 1. The van der Waals surface area contributed by atoms with Crippen LogP contribution in [0.3, 0.4) is 0 Å². The molecule has 0 radical (unpaired) electrons. The molecule has 1 N–H and O–H groups in total. The monoisotopic (exact) mass is 388 g/mol. The number of hydrogen-bond acceptors (Lipinski definition) is 2.